The minimum Gasteiger partial charge on any atom is -0.396 e. The van der Waals surface area contributed by atoms with E-state index < -0.39 is 23.8 Å². The van der Waals surface area contributed by atoms with Gasteiger partial charge in [0.25, 0.3) is 11.8 Å². The van der Waals surface area contributed by atoms with Gasteiger partial charge in [0.1, 0.15) is 6.04 Å². The molecule has 0 saturated carbocycles. The molecule has 2 saturated heterocycles. The molecule has 1 aromatic carbocycles. The highest BCUT2D eigenvalue weighted by atomic mass is 16.3. The highest BCUT2D eigenvalue weighted by Crippen LogP contribution is 2.32. The van der Waals surface area contributed by atoms with E-state index in [2.05, 4.69) is 10.2 Å². The second-order valence-corrected chi connectivity index (χ2v) is 8.33. The zero-order valence-electron chi connectivity index (χ0n) is 16.9. The van der Waals surface area contributed by atoms with Crippen molar-refractivity contribution in [3.63, 3.8) is 0 Å². The van der Waals surface area contributed by atoms with Gasteiger partial charge in [-0.3, -0.25) is 29.4 Å². The van der Waals surface area contributed by atoms with Crippen LogP contribution in [0.15, 0.2) is 18.2 Å². The molecule has 8 heteroatoms. The molecule has 1 aromatic rings. The lowest BCUT2D eigenvalue weighted by molar-refractivity contribution is -0.136. The van der Waals surface area contributed by atoms with Crippen LogP contribution in [0.4, 0.5) is 5.69 Å². The van der Waals surface area contributed by atoms with Crippen LogP contribution in [0.25, 0.3) is 0 Å². The maximum Gasteiger partial charge on any atom is 0.262 e. The lowest BCUT2D eigenvalue weighted by atomic mass is 9.91. The van der Waals surface area contributed by atoms with Crippen molar-refractivity contribution in [1.29, 1.82) is 0 Å². The molecule has 160 valence electrons. The van der Waals surface area contributed by atoms with Crippen LogP contribution in [-0.2, 0) is 9.59 Å². The number of hydrogen-bond donors (Lipinski definition) is 2. The summed E-state index contributed by atoms with van der Waals surface area (Å²) in [7, 11) is 0. The number of rotatable bonds is 6. The summed E-state index contributed by atoms with van der Waals surface area (Å²) in [6.07, 6.45) is 5.44. The number of piperidine rings is 2. The fraction of sp³-hybridized carbons (Fsp3) is 0.545. The number of aliphatic hydroxyl groups is 1. The minimum absolute atomic E-state index is 0.113. The number of unbranched alkanes of at least 4 members (excludes halogenated alkanes) is 1. The molecule has 0 aromatic heterocycles. The van der Waals surface area contributed by atoms with Crippen molar-refractivity contribution in [2.24, 2.45) is 5.92 Å². The van der Waals surface area contributed by atoms with E-state index in [1.54, 1.807) is 12.1 Å². The number of fused-ring (bicyclic) bond motifs is 1. The smallest absolute Gasteiger partial charge is 0.262 e. The van der Waals surface area contributed by atoms with E-state index in [-0.39, 0.29) is 25.4 Å². The number of carbonyl (C=O) groups excluding carboxylic acids is 4. The highest BCUT2D eigenvalue weighted by molar-refractivity contribution is 6.23. The number of carbonyl (C=O) groups is 4. The maximum atomic E-state index is 13.0. The van der Waals surface area contributed by atoms with Gasteiger partial charge in [0.2, 0.25) is 11.8 Å². The standard InChI is InChI=1S/C22H27N3O5/c26-12-2-1-3-14-8-10-24(11-9-14)15-4-5-16-17(13-15)22(30)25(21(16)29)18-6-7-19(27)23-20(18)28/h4-5,13-14,18,26H,1-3,6-12H2,(H,23,27,28). The predicted molar refractivity (Wildman–Crippen MR) is 109 cm³/mol. The van der Waals surface area contributed by atoms with Gasteiger partial charge in [-0.05, 0) is 49.8 Å². The molecule has 2 N–H and O–H groups in total. The Bertz CT molecular complexity index is 876. The molecule has 0 bridgehead atoms. The summed E-state index contributed by atoms with van der Waals surface area (Å²) in [5, 5.41) is 11.1. The van der Waals surface area contributed by atoms with Crippen LogP contribution in [0.2, 0.25) is 0 Å². The van der Waals surface area contributed by atoms with Crippen molar-refractivity contribution in [3.05, 3.63) is 29.3 Å². The van der Waals surface area contributed by atoms with E-state index in [1.165, 1.54) is 0 Å². The third-order valence-corrected chi connectivity index (χ3v) is 6.42. The second kappa shape index (κ2) is 8.55. The zero-order valence-corrected chi connectivity index (χ0v) is 16.9. The van der Waals surface area contributed by atoms with Crippen LogP contribution in [0, 0.1) is 5.92 Å². The Hall–Kier alpha value is -2.74. The molecule has 8 nitrogen and oxygen atoms in total. The Kier molecular flexibility index (Phi) is 5.85. The number of nitrogens with one attached hydrogen (secondary N) is 1. The lowest BCUT2D eigenvalue weighted by Gasteiger charge is -2.34. The first-order valence-corrected chi connectivity index (χ1v) is 10.7. The normalized spacial score (nSPS) is 22.5. The molecule has 0 spiro atoms. The summed E-state index contributed by atoms with van der Waals surface area (Å²) in [4.78, 5) is 52.6. The van der Waals surface area contributed by atoms with Gasteiger partial charge >= 0.3 is 0 Å². The Morgan fingerprint density at radius 3 is 2.40 bits per heavy atom. The summed E-state index contributed by atoms with van der Waals surface area (Å²) in [5.74, 6) is -1.25. The Balaban J connectivity index is 1.45. The quantitative estimate of drug-likeness (QED) is 0.540. The number of anilines is 1. The number of aliphatic hydroxyl groups excluding tert-OH is 1. The fourth-order valence-electron chi connectivity index (χ4n) is 4.68. The van der Waals surface area contributed by atoms with Gasteiger partial charge in [0.05, 0.1) is 11.1 Å². The molecule has 3 aliphatic heterocycles. The summed E-state index contributed by atoms with van der Waals surface area (Å²) in [5.41, 5.74) is 1.55. The molecule has 3 heterocycles. The van der Waals surface area contributed by atoms with E-state index in [1.807, 2.05) is 6.07 Å². The lowest BCUT2D eigenvalue weighted by Crippen LogP contribution is -2.54. The van der Waals surface area contributed by atoms with Crippen molar-refractivity contribution < 1.29 is 24.3 Å². The van der Waals surface area contributed by atoms with Crippen molar-refractivity contribution >= 4 is 29.3 Å². The van der Waals surface area contributed by atoms with Gasteiger partial charge in [-0.1, -0.05) is 12.8 Å². The Labute approximate surface area is 175 Å². The van der Waals surface area contributed by atoms with Crippen molar-refractivity contribution in [1.82, 2.24) is 10.2 Å². The highest BCUT2D eigenvalue weighted by Gasteiger charge is 2.44. The topological polar surface area (TPSA) is 107 Å². The number of benzene rings is 1. The molecular weight excluding hydrogens is 386 g/mol. The van der Waals surface area contributed by atoms with Crippen molar-refractivity contribution in [3.8, 4) is 0 Å². The molecule has 1 unspecified atom stereocenters. The van der Waals surface area contributed by atoms with Gasteiger partial charge in [0.15, 0.2) is 0 Å². The number of imide groups is 2. The molecular formula is C22H27N3O5. The van der Waals surface area contributed by atoms with Crippen LogP contribution in [-0.4, -0.2) is 59.4 Å². The van der Waals surface area contributed by atoms with Gasteiger partial charge in [0, 0.05) is 31.8 Å². The average Bonchev–Trinajstić information content (AvgIpc) is 2.99. The SMILES string of the molecule is O=C1CCC(N2C(=O)c3ccc(N4CCC(CCCCO)CC4)cc3C2=O)C(=O)N1. The Morgan fingerprint density at radius 1 is 0.967 bits per heavy atom. The summed E-state index contributed by atoms with van der Waals surface area (Å²) in [6, 6.07) is 4.36. The predicted octanol–water partition coefficient (Wildman–Crippen LogP) is 1.47. The molecule has 4 amide bonds. The van der Waals surface area contributed by atoms with Gasteiger partial charge < -0.3 is 10.0 Å². The maximum absolute atomic E-state index is 13.0. The third-order valence-electron chi connectivity index (χ3n) is 6.42. The monoisotopic (exact) mass is 413 g/mol. The van der Waals surface area contributed by atoms with Crippen LogP contribution in [0.3, 0.4) is 0 Å². The number of nitrogens with zero attached hydrogens (tertiary/aromatic N) is 2. The molecule has 1 atom stereocenters. The Morgan fingerprint density at radius 2 is 1.70 bits per heavy atom. The van der Waals surface area contributed by atoms with Crippen LogP contribution >= 0.6 is 0 Å². The molecule has 0 aliphatic carbocycles. The first kappa shape index (κ1) is 20.5. The van der Waals surface area contributed by atoms with Gasteiger partial charge in [-0.15, -0.1) is 0 Å². The summed E-state index contributed by atoms with van der Waals surface area (Å²) in [6.45, 7) is 2.03. The largest absolute Gasteiger partial charge is 0.396 e. The molecule has 3 aliphatic rings. The number of amides is 4. The molecule has 4 rings (SSSR count). The van der Waals surface area contributed by atoms with E-state index >= 15 is 0 Å². The first-order chi connectivity index (χ1) is 14.5. The first-order valence-electron chi connectivity index (χ1n) is 10.7. The second-order valence-electron chi connectivity index (χ2n) is 8.33. The van der Waals surface area contributed by atoms with Crippen LogP contribution < -0.4 is 10.2 Å². The molecule has 0 radical (unpaired) electrons. The fourth-order valence-corrected chi connectivity index (χ4v) is 4.68. The van der Waals surface area contributed by atoms with E-state index in [9.17, 15) is 19.2 Å². The van der Waals surface area contributed by atoms with E-state index in [0.29, 0.717) is 17.0 Å². The number of hydrogen-bond acceptors (Lipinski definition) is 6. The summed E-state index contributed by atoms with van der Waals surface area (Å²) >= 11 is 0. The third kappa shape index (κ3) is 3.84. The minimum atomic E-state index is -0.937. The van der Waals surface area contributed by atoms with Crippen molar-refractivity contribution in [2.45, 2.75) is 51.0 Å². The van der Waals surface area contributed by atoms with Gasteiger partial charge in [-0.25, -0.2) is 0 Å². The van der Waals surface area contributed by atoms with E-state index in [0.717, 1.165) is 55.8 Å². The van der Waals surface area contributed by atoms with Crippen molar-refractivity contribution in [2.75, 3.05) is 24.6 Å². The zero-order chi connectivity index (χ0) is 21.3. The van der Waals surface area contributed by atoms with Crippen LogP contribution in [0.1, 0.15) is 65.7 Å². The van der Waals surface area contributed by atoms with Crippen LogP contribution in [0.5, 0.6) is 0 Å². The molecule has 2 fully saturated rings. The van der Waals surface area contributed by atoms with Gasteiger partial charge in [-0.2, -0.15) is 0 Å². The average molecular weight is 413 g/mol. The summed E-state index contributed by atoms with van der Waals surface area (Å²) < 4.78 is 0. The van der Waals surface area contributed by atoms with E-state index in [4.69, 9.17) is 5.11 Å². The molecule has 30 heavy (non-hydrogen) atoms.